The zero-order valence-electron chi connectivity index (χ0n) is 18.0. The summed E-state index contributed by atoms with van der Waals surface area (Å²) in [6, 6.07) is 7.19. The minimum atomic E-state index is -0.299. The summed E-state index contributed by atoms with van der Waals surface area (Å²) in [5.74, 6) is 0.768. The van der Waals surface area contributed by atoms with E-state index >= 15 is 0 Å². The lowest BCUT2D eigenvalue weighted by Gasteiger charge is -2.31. The van der Waals surface area contributed by atoms with Crippen LogP contribution in [0, 0.1) is 6.92 Å². The molecule has 0 spiro atoms. The zero-order valence-corrected chi connectivity index (χ0v) is 18.0. The normalized spacial score (nSPS) is 14.1. The number of aryl methyl sites for hydroxylation is 1. The van der Waals surface area contributed by atoms with Crippen molar-refractivity contribution < 1.29 is 19.1 Å². The molecule has 2 heterocycles. The van der Waals surface area contributed by atoms with Gasteiger partial charge in [0.1, 0.15) is 11.6 Å². The van der Waals surface area contributed by atoms with E-state index in [0.29, 0.717) is 41.6 Å². The highest BCUT2D eigenvalue weighted by Crippen LogP contribution is 2.27. The summed E-state index contributed by atoms with van der Waals surface area (Å²) in [4.78, 5) is 46.6. The largest absolute Gasteiger partial charge is 0.495 e. The van der Waals surface area contributed by atoms with Gasteiger partial charge in [-0.15, -0.1) is 0 Å². The first-order valence-electron chi connectivity index (χ1n) is 10.2. The Morgan fingerprint density at radius 1 is 1.19 bits per heavy atom. The van der Waals surface area contributed by atoms with Crippen LogP contribution >= 0.6 is 0 Å². The molecule has 1 aromatic carbocycles. The van der Waals surface area contributed by atoms with Crippen LogP contribution in [0.5, 0.6) is 5.75 Å². The van der Waals surface area contributed by atoms with Crippen molar-refractivity contribution in [2.24, 2.45) is 0 Å². The van der Waals surface area contributed by atoms with Crippen LogP contribution in [0.1, 0.15) is 47.6 Å². The predicted octanol–water partition coefficient (Wildman–Crippen LogP) is 1.89. The van der Waals surface area contributed by atoms with Crippen LogP contribution < -0.4 is 15.4 Å². The highest BCUT2D eigenvalue weighted by atomic mass is 16.5. The van der Waals surface area contributed by atoms with Crippen molar-refractivity contribution in [3.63, 3.8) is 0 Å². The fourth-order valence-electron chi connectivity index (χ4n) is 3.54. The van der Waals surface area contributed by atoms with E-state index in [2.05, 4.69) is 20.6 Å². The number of ether oxygens (including phenoxy) is 1. The highest BCUT2D eigenvalue weighted by Gasteiger charge is 2.26. The second-order valence-corrected chi connectivity index (χ2v) is 7.45. The molecular weight excluding hydrogens is 398 g/mol. The SMILES string of the molecule is COc1ccccc1NC(=O)c1cnc(C2CCN(C(=O)CNC(C)=O)CC2)nc1C. The van der Waals surface area contributed by atoms with E-state index in [-0.39, 0.29) is 30.2 Å². The van der Waals surface area contributed by atoms with Crippen molar-refractivity contribution in [2.75, 3.05) is 32.1 Å². The number of carbonyl (C=O) groups excluding carboxylic acids is 3. The van der Waals surface area contributed by atoms with Gasteiger partial charge in [0.05, 0.1) is 30.6 Å². The van der Waals surface area contributed by atoms with Gasteiger partial charge < -0.3 is 20.3 Å². The van der Waals surface area contributed by atoms with Crippen molar-refractivity contribution in [1.82, 2.24) is 20.2 Å². The third-order valence-electron chi connectivity index (χ3n) is 5.30. The number of benzene rings is 1. The van der Waals surface area contributed by atoms with Crippen molar-refractivity contribution in [3.8, 4) is 5.75 Å². The Hall–Kier alpha value is -3.49. The van der Waals surface area contributed by atoms with E-state index in [0.717, 1.165) is 12.8 Å². The highest BCUT2D eigenvalue weighted by molar-refractivity contribution is 6.05. The lowest BCUT2D eigenvalue weighted by Crippen LogP contribution is -2.43. The Morgan fingerprint density at radius 3 is 2.55 bits per heavy atom. The third kappa shape index (κ3) is 5.56. The van der Waals surface area contributed by atoms with E-state index in [9.17, 15) is 14.4 Å². The van der Waals surface area contributed by atoms with Crippen LogP contribution in [-0.4, -0.2) is 59.3 Å². The Morgan fingerprint density at radius 2 is 1.90 bits per heavy atom. The molecule has 3 rings (SSSR count). The summed E-state index contributed by atoms with van der Waals surface area (Å²) < 4.78 is 5.27. The smallest absolute Gasteiger partial charge is 0.259 e. The molecular formula is C22H27N5O4. The lowest BCUT2D eigenvalue weighted by molar-refractivity contribution is -0.133. The maximum Gasteiger partial charge on any atom is 0.259 e. The summed E-state index contributed by atoms with van der Waals surface area (Å²) in [5.41, 5.74) is 1.58. The van der Waals surface area contributed by atoms with E-state index < -0.39 is 0 Å². The third-order valence-corrected chi connectivity index (χ3v) is 5.30. The first-order chi connectivity index (χ1) is 14.9. The summed E-state index contributed by atoms with van der Waals surface area (Å²) >= 11 is 0. The average Bonchev–Trinajstić information content (AvgIpc) is 2.77. The zero-order chi connectivity index (χ0) is 22.4. The van der Waals surface area contributed by atoms with E-state index in [1.54, 1.807) is 37.3 Å². The molecule has 2 N–H and O–H groups in total. The van der Waals surface area contributed by atoms with Gasteiger partial charge in [0.15, 0.2) is 0 Å². The van der Waals surface area contributed by atoms with Crippen LogP contribution in [0.15, 0.2) is 30.5 Å². The van der Waals surface area contributed by atoms with E-state index in [4.69, 9.17) is 4.74 Å². The molecule has 1 aromatic heterocycles. The minimum Gasteiger partial charge on any atom is -0.495 e. The molecule has 0 bridgehead atoms. The summed E-state index contributed by atoms with van der Waals surface area (Å²) in [7, 11) is 1.55. The molecule has 3 amide bonds. The molecule has 9 nitrogen and oxygen atoms in total. The molecule has 1 aliphatic rings. The number of aromatic nitrogens is 2. The molecule has 164 valence electrons. The van der Waals surface area contributed by atoms with Gasteiger partial charge in [-0.05, 0) is 31.9 Å². The average molecular weight is 425 g/mol. The van der Waals surface area contributed by atoms with Gasteiger partial charge in [0, 0.05) is 32.1 Å². The quantitative estimate of drug-likeness (QED) is 0.731. The molecule has 0 aliphatic carbocycles. The number of nitrogens with one attached hydrogen (secondary N) is 2. The number of nitrogens with zero attached hydrogens (tertiary/aromatic N) is 3. The number of carbonyl (C=O) groups is 3. The van der Waals surface area contributed by atoms with Crippen molar-refractivity contribution in [1.29, 1.82) is 0 Å². The van der Waals surface area contributed by atoms with Gasteiger partial charge in [-0.2, -0.15) is 0 Å². The van der Waals surface area contributed by atoms with E-state index in [1.807, 2.05) is 12.1 Å². The molecule has 1 saturated heterocycles. The van der Waals surface area contributed by atoms with Gasteiger partial charge in [-0.3, -0.25) is 14.4 Å². The van der Waals surface area contributed by atoms with Crippen LogP contribution in [0.3, 0.4) is 0 Å². The molecule has 0 saturated carbocycles. The lowest BCUT2D eigenvalue weighted by atomic mass is 9.95. The topological polar surface area (TPSA) is 114 Å². The van der Waals surface area contributed by atoms with Gasteiger partial charge in [-0.25, -0.2) is 9.97 Å². The van der Waals surface area contributed by atoms with Crippen LogP contribution in [-0.2, 0) is 9.59 Å². The van der Waals surface area contributed by atoms with Crippen LogP contribution in [0.25, 0.3) is 0 Å². The number of amides is 3. The van der Waals surface area contributed by atoms with Gasteiger partial charge in [0.2, 0.25) is 11.8 Å². The molecule has 0 radical (unpaired) electrons. The second-order valence-electron chi connectivity index (χ2n) is 7.45. The number of hydrogen-bond acceptors (Lipinski definition) is 6. The molecule has 0 atom stereocenters. The summed E-state index contributed by atoms with van der Waals surface area (Å²) in [6.45, 7) is 4.36. The Labute approximate surface area is 181 Å². The van der Waals surface area contributed by atoms with Crippen molar-refractivity contribution in [2.45, 2.75) is 32.6 Å². The van der Waals surface area contributed by atoms with Gasteiger partial charge in [-0.1, -0.05) is 12.1 Å². The molecule has 1 fully saturated rings. The second kappa shape index (κ2) is 10.0. The first-order valence-corrected chi connectivity index (χ1v) is 10.2. The molecule has 1 aliphatic heterocycles. The maximum absolute atomic E-state index is 12.7. The molecule has 9 heteroatoms. The molecule has 2 aromatic rings. The Balaban J connectivity index is 1.61. The summed E-state index contributed by atoms with van der Waals surface area (Å²) in [6.07, 6.45) is 3.02. The van der Waals surface area contributed by atoms with E-state index in [1.165, 1.54) is 6.92 Å². The number of hydrogen-bond donors (Lipinski definition) is 2. The standard InChI is InChI=1S/C22H27N5O4/c1-14-17(22(30)26-18-6-4-5-7-19(18)31-3)12-24-21(25-14)16-8-10-27(11-9-16)20(29)13-23-15(2)28/h4-7,12,16H,8-11,13H2,1-3H3,(H,23,28)(H,26,30). The minimum absolute atomic E-state index is 0.0195. The fraction of sp³-hybridized carbons (Fsp3) is 0.409. The fourth-order valence-corrected chi connectivity index (χ4v) is 3.54. The van der Waals surface area contributed by atoms with Crippen molar-refractivity contribution >= 4 is 23.4 Å². The number of anilines is 1. The number of likely N-dealkylation sites (tertiary alicyclic amines) is 1. The summed E-state index contributed by atoms with van der Waals surface area (Å²) in [5, 5.41) is 5.37. The van der Waals surface area contributed by atoms with Gasteiger partial charge in [0.25, 0.3) is 5.91 Å². The number of piperidine rings is 1. The molecule has 0 unspecified atom stereocenters. The predicted molar refractivity (Wildman–Crippen MR) is 115 cm³/mol. The van der Waals surface area contributed by atoms with Crippen LogP contribution in [0.4, 0.5) is 5.69 Å². The van der Waals surface area contributed by atoms with Gasteiger partial charge >= 0.3 is 0 Å². The van der Waals surface area contributed by atoms with Crippen molar-refractivity contribution in [3.05, 3.63) is 47.5 Å². The van der Waals surface area contributed by atoms with Crippen LogP contribution in [0.2, 0.25) is 0 Å². The number of rotatable bonds is 6. The Kier molecular flexibility index (Phi) is 7.17. The maximum atomic E-state index is 12.7. The monoisotopic (exact) mass is 425 g/mol. The number of methoxy groups -OCH3 is 1. The number of para-hydroxylation sites is 2. The Bertz CT molecular complexity index is 970. The first kappa shape index (κ1) is 22.2. The molecule has 31 heavy (non-hydrogen) atoms.